The molecule has 0 aliphatic carbocycles. The molecule has 0 saturated heterocycles. The Kier molecular flexibility index (Phi) is 5.99. The summed E-state index contributed by atoms with van der Waals surface area (Å²) in [6.45, 7) is 4.16. The second-order valence-electron chi connectivity index (χ2n) is 6.50. The van der Waals surface area contributed by atoms with Crippen molar-refractivity contribution < 1.29 is 18.3 Å². The van der Waals surface area contributed by atoms with Gasteiger partial charge in [-0.1, -0.05) is 29.5 Å². The van der Waals surface area contributed by atoms with Gasteiger partial charge in [0, 0.05) is 5.56 Å². The van der Waals surface area contributed by atoms with Crippen LogP contribution in [0.3, 0.4) is 0 Å². The molecule has 9 heteroatoms. The van der Waals surface area contributed by atoms with E-state index in [4.69, 9.17) is 18.3 Å². The maximum Gasteiger partial charge on any atom is 0.277 e. The molecule has 2 aromatic carbocycles. The van der Waals surface area contributed by atoms with Gasteiger partial charge < -0.3 is 18.3 Å². The summed E-state index contributed by atoms with van der Waals surface area (Å²) in [7, 11) is 1.62. The summed E-state index contributed by atoms with van der Waals surface area (Å²) in [5.41, 5.74) is 1.99. The van der Waals surface area contributed by atoms with Crippen LogP contribution in [0, 0.1) is 6.92 Å². The first-order valence-electron chi connectivity index (χ1n) is 9.27. The molecule has 0 spiro atoms. The number of methoxy groups -OCH3 is 1. The molecule has 0 N–H and O–H groups in total. The molecule has 4 aromatic rings. The summed E-state index contributed by atoms with van der Waals surface area (Å²) in [5, 5.41) is 16.6. The lowest BCUT2D eigenvalue weighted by atomic mass is 10.2. The van der Waals surface area contributed by atoms with Crippen LogP contribution in [-0.4, -0.2) is 27.5 Å². The zero-order valence-corrected chi connectivity index (χ0v) is 17.5. The largest absolute Gasteiger partial charge is 0.497 e. The molecular formula is C21H20N4O4S. The van der Waals surface area contributed by atoms with E-state index in [2.05, 4.69) is 20.4 Å². The van der Waals surface area contributed by atoms with Crippen molar-refractivity contribution in [3.05, 3.63) is 65.9 Å². The molecule has 0 radical (unpaired) electrons. The number of hydrogen-bond acceptors (Lipinski definition) is 9. The van der Waals surface area contributed by atoms with Crippen molar-refractivity contribution in [2.24, 2.45) is 0 Å². The highest BCUT2D eigenvalue weighted by atomic mass is 32.2. The van der Waals surface area contributed by atoms with Crippen LogP contribution < -0.4 is 9.47 Å². The predicted octanol–water partition coefficient (Wildman–Crippen LogP) is 4.87. The Morgan fingerprint density at radius 3 is 2.37 bits per heavy atom. The van der Waals surface area contributed by atoms with Gasteiger partial charge in [-0.15, -0.1) is 20.4 Å². The Morgan fingerprint density at radius 1 is 0.900 bits per heavy atom. The highest BCUT2D eigenvalue weighted by molar-refractivity contribution is 7.99. The molecule has 0 aliphatic rings. The molecule has 30 heavy (non-hydrogen) atoms. The first-order valence-corrected chi connectivity index (χ1v) is 10.1. The smallest absolute Gasteiger partial charge is 0.277 e. The zero-order chi connectivity index (χ0) is 20.9. The van der Waals surface area contributed by atoms with Crippen LogP contribution in [0.1, 0.15) is 29.5 Å². The lowest BCUT2D eigenvalue weighted by molar-refractivity contribution is 0.252. The third-order valence-corrected chi connectivity index (χ3v) is 5.16. The fourth-order valence-electron chi connectivity index (χ4n) is 2.57. The Labute approximate surface area is 177 Å². The molecule has 0 aliphatic heterocycles. The van der Waals surface area contributed by atoms with Crippen molar-refractivity contribution in [1.29, 1.82) is 0 Å². The average Bonchev–Trinajstić information content (AvgIpc) is 3.43. The van der Waals surface area contributed by atoms with Crippen molar-refractivity contribution in [3.63, 3.8) is 0 Å². The van der Waals surface area contributed by atoms with Gasteiger partial charge in [-0.2, -0.15) is 0 Å². The fraction of sp³-hybridized carbons (Fsp3) is 0.238. The summed E-state index contributed by atoms with van der Waals surface area (Å²) in [6, 6.07) is 15.2. The number of aryl methyl sites for hydroxylation is 1. The quantitative estimate of drug-likeness (QED) is 0.367. The number of hydrogen-bond donors (Lipinski definition) is 0. The van der Waals surface area contributed by atoms with Gasteiger partial charge in [0.05, 0.1) is 12.4 Å². The number of aromatic nitrogens is 4. The summed E-state index contributed by atoms with van der Waals surface area (Å²) in [5.74, 6) is 2.83. The fourth-order valence-corrected chi connectivity index (χ4v) is 3.31. The minimum atomic E-state index is -0.157. The van der Waals surface area contributed by atoms with Crippen LogP contribution in [0.5, 0.6) is 11.5 Å². The highest BCUT2D eigenvalue weighted by Crippen LogP contribution is 2.34. The van der Waals surface area contributed by atoms with E-state index in [0.717, 1.165) is 17.1 Å². The van der Waals surface area contributed by atoms with Gasteiger partial charge in [-0.05, 0) is 50.2 Å². The predicted molar refractivity (Wildman–Crippen MR) is 110 cm³/mol. The first-order chi connectivity index (χ1) is 14.6. The molecule has 154 valence electrons. The molecule has 1 atom stereocenters. The van der Waals surface area contributed by atoms with Crippen molar-refractivity contribution in [2.75, 3.05) is 7.11 Å². The SMILES string of the molecule is COc1ccc(-c2nnc(C(C)Sc3nnc(COc4ccc(C)cc4)o3)o2)cc1. The van der Waals surface area contributed by atoms with E-state index in [-0.39, 0.29) is 11.9 Å². The Balaban J connectivity index is 1.35. The van der Waals surface area contributed by atoms with Gasteiger partial charge in [-0.25, -0.2) is 0 Å². The summed E-state index contributed by atoms with van der Waals surface area (Å²) in [4.78, 5) is 0. The number of benzene rings is 2. The van der Waals surface area contributed by atoms with Gasteiger partial charge >= 0.3 is 0 Å². The van der Waals surface area contributed by atoms with Crippen LogP contribution in [0.2, 0.25) is 0 Å². The standard InChI is InChI=1S/C21H20N4O4S/c1-13-4-8-17(9-5-13)27-12-18-22-25-21(28-18)30-14(2)19-23-24-20(29-19)15-6-10-16(26-3)11-7-15/h4-11,14H,12H2,1-3H3. The van der Waals surface area contributed by atoms with E-state index in [9.17, 15) is 0 Å². The third kappa shape index (κ3) is 4.80. The maximum absolute atomic E-state index is 5.80. The minimum absolute atomic E-state index is 0.157. The van der Waals surface area contributed by atoms with E-state index >= 15 is 0 Å². The second kappa shape index (κ2) is 9.00. The van der Waals surface area contributed by atoms with Crippen LogP contribution in [0.25, 0.3) is 11.5 Å². The van der Waals surface area contributed by atoms with Crippen LogP contribution in [0.15, 0.2) is 62.6 Å². The summed E-state index contributed by atoms with van der Waals surface area (Å²) >= 11 is 1.34. The van der Waals surface area contributed by atoms with Gasteiger partial charge in [0.1, 0.15) is 11.5 Å². The second-order valence-corrected chi connectivity index (χ2v) is 7.79. The monoisotopic (exact) mass is 424 g/mol. The Morgan fingerprint density at radius 2 is 1.63 bits per heavy atom. The van der Waals surface area contributed by atoms with Crippen molar-refractivity contribution in [3.8, 4) is 23.0 Å². The molecule has 1 unspecified atom stereocenters. The van der Waals surface area contributed by atoms with E-state index in [1.165, 1.54) is 17.3 Å². The lowest BCUT2D eigenvalue weighted by Gasteiger charge is -2.03. The number of thioether (sulfide) groups is 1. The number of nitrogens with zero attached hydrogens (tertiary/aromatic N) is 4. The number of rotatable bonds is 8. The molecular weight excluding hydrogens is 404 g/mol. The van der Waals surface area contributed by atoms with Gasteiger partial charge in [0.2, 0.25) is 11.8 Å². The third-order valence-electron chi connectivity index (χ3n) is 4.23. The molecule has 0 fully saturated rings. The van der Waals surface area contributed by atoms with E-state index in [1.54, 1.807) is 7.11 Å². The average molecular weight is 424 g/mol. The zero-order valence-electron chi connectivity index (χ0n) is 16.7. The molecule has 0 saturated carbocycles. The Hall–Kier alpha value is -3.33. The van der Waals surface area contributed by atoms with Crippen molar-refractivity contribution >= 4 is 11.8 Å². The molecule has 8 nitrogen and oxygen atoms in total. The molecule has 0 bridgehead atoms. The molecule has 2 heterocycles. The van der Waals surface area contributed by atoms with E-state index in [0.29, 0.717) is 22.9 Å². The molecule has 2 aromatic heterocycles. The van der Waals surface area contributed by atoms with Gasteiger partial charge in [0.25, 0.3) is 11.1 Å². The summed E-state index contributed by atoms with van der Waals surface area (Å²) in [6.07, 6.45) is 0. The van der Waals surface area contributed by atoms with E-state index < -0.39 is 0 Å². The van der Waals surface area contributed by atoms with Gasteiger partial charge in [-0.3, -0.25) is 0 Å². The normalized spacial score (nSPS) is 12.0. The van der Waals surface area contributed by atoms with Crippen LogP contribution in [0.4, 0.5) is 0 Å². The topological polar surface area (TPSA) is 96.3 Å². The van der Waals surface area contributed by atoms with Crippen LogP contribution >= 0.6 is 11.8 Å². The number of ether oxygens (including phenoxy) is 2. The highest BCUT2D eigenvalue weighted by Gasteiger charge is 2.19. The van der Waals surface area contributed by atoms with E-state index in [1.807, 2.05) is 62.4 Å². The van der Waals surface area contributed by atoms with Crippen molar-refractivity contribution in [2.45, 2.75) is 30.9 Å². The maximum atomic E-state index is 5.80. The molecule has 0 amide bonds. The minimum Gasteiger partial charge on any atom is -0.497 e. The van der Waals surface area contributed by atoms with Crippen LogP contribution in [-0.2, 0) is 6.61 Å². The lowest BCUT2D eigenvalue weighted by Crippen LogP contribution is -1.95. The van der Waals surface area contributed by atoms with Gasteiger partial charge in [0.15, 0.2) is 6.61 Å². The van der Waals surface area contributed by atoms with Crippen molar-refractivity contribution in [1.82, 2.24) is 20.4 Å². The molecule has 4 rings (SSSR count). The first kappa shape index (κ1) is 20.0. The summed E-state index contributed by atoms with van der Waals surface area (Å²) < 4.78 is 22.3. The Bertz CT molecular complexity index is 1090.